The maximum absolute atomic E-state index is 14.3. The SMILES string of the molecule is CC(C)(C)[C@]1(O)C[C@@H]2OC(=O)C[C@@]23C(=O)O[C@@H]2N(c4ccc(C(F)(F)F)cc4)C(=O)[C@H](OC(=O)c4ccccc4)C213. The van der Waals surface area contributed by atoms with E-state index in [0.717, 1.165) is 29.2 Å². The van der Waals surface area contributed by atoms with Crippen molar-refractivity contribution in [1.82, 2.24) is 0 Å². The quantitative estimate of drug-likeness (QED) is 0.437. The van der Waals surface area contributed by atoms with E-state index in [1.165, 1.54) is 12.1 Å². The second kappa shape index (κ2) is 8.31. The molecule has 6 atom stereocenters. The number of carbonyl (C=O) groups is 4. The fraction of sp³-hybridized carbons (Fsp3) is 0.448. The summed E-state index contributed by atoms with van der Waals surface area (Å²) >= 11 is 0. The lowest BCUT2D eigenvalue weighted by Crippen LogP contribution is -2.66. The molecule has 3 heterocycles. The Morgan fingerprint density at radius 1 is 1.00 bits per heavy atom. The number of ether oxygens (including phenoxy) is 3. The molecule has 2 aromatic rings. The third kappa shape index (κ3) is 3.27. The molecule has 41 heavy (non-hydrogen) atoms. The van der Waals surface area contributed by atoms with E-state index in [-0.39, 0.29) is 17.7 Å². The number of hydrogen-bond acceptors (Lipinski definition) is 8. The second-order valence-corrected chi connectivity index (χ2v) is 12.0. The van der Waals surface area contributed by atoms with E-state index >= 15 is 0 Å². The first-order valence-electron chi connectivity index (χ1n) is 13.0. The summed E-state index contributed by atoms with van der Waals surface area (Å²) in [5.74, 6) is -3.54. The number of amides is 1. The van der Waals surface area contributed by atoms with Crippen molar-refractivity contribution in [3.8, 4) is 0 Å². The van der Waals surface area contributed by atoms with Gasteiger partial charge in [-0.15, -0.1) is 0 Å². The van der Waals surface area contributed by atoms with Crippen molar-refractivity contribution < 1.29 is 51.7 Å². The van der Waals surface area contributed by atoms with E-state index in [9.17, 15) is 37.5 Å². The predicted molar refractivity (Wildman–Crippen MR) is 133 cm³/mol. The minimum atomic E-state index is -4.65. The molecular formula is C29H26F3NO8. The molecule has 0 radical (unpaired) electrons. The molecule has 12 heteroatoms. The fourth-order valence-corrected chi connectivity index (χ4v) is 7.34. The van der Waals surface area contributed by atoms with Gasteiger partial charge in [-0.1, -0.05) is 39.0 Å². The van der Waals surface area contributed by atoms with Gasteiger partial charge in [0.2, 0.25) is 0 Å². The Morgan fingerprint density at radius 2 is 1.63 bits per heavy atom. The third-order valence-corrected chi connectivity index (χ3v) is 9.18. The monoisotopic (exact) mass is 573 g/mol. The van der Waals surface area contributed by atoms with Crippen LogP contribution in [0, 0.1) is 16.2 Å². The summed E-state index contributed by atoms with van der Waals surface area (Å²) in [6.07, 6.45) is -10.1. The second-order valence-electron chi connectivity index (χ2n) is 12.0. The molecule has 1 aliphatic carbocycles. The average Bonchev–Trinajstić information content (AvgIpc) is 3.51. The van der Waals surface area contributed by atoms with E-state index in [2.05, 4.69) is 0 Å². The Kier molecular flexibility index (Phi) is 5.52. The summed E-state index contributed by atoms with van der Waals surface area (Å²) in [7, 11) is 0. The maximum Gasteiger partial charge on any atom is 0.416 e. The van der Waals surface area contributed by atoms with Crippen molar-refractivity contribution >= 4 is 29.5 Å². The minimum absolute atomic E-state index is 0.0770. The summed E-state index contributed by atoms with van der Waals surface area (Å²) in [6.45, 7) is 5.00. The van der Waals surface area contributed by atoms with Gasteiger partial charge in [0, 0.05) is 12.1 Å². The Balaban J connectivity index is 1.59. The highest BCUT2D eigenvalue weighted by Crippen LogP contribution is 2.76. The highest BCUT2D eigenvalue weighted by molar-refractivity contribution is 6.07. The smallest absolute Gasteiger partial charge is 0.416 e. The summed E-state index contributed by atoms with van der Waals surface area (Å²) in [6, 6.07) is 11.3. The van der Waals surface area contributed by atoms with Gasteiger partial charge in [0.25, 0.3) is 5.91 Å². The van der Waals surface area contributed by atoms with Gasteiger partial charge in [0.15, 0.2) is 12.3 Å². The number of alkyl halides is 3. The van der Waals surface area contributed by atoms with Gasteiger partial charge in [-0.05, 0) is 41.8 Å². The lowest BCUT2D eigenvalue weighted by atomic mass is 9.52. The molecule has 0 aromatic heterocycles. The van der Waals surface area contributed by atoms with Crippen LogP contribution in [0.25, 0.3) is 0 Å². The Morgan fingerprint density at radius 3 is 2.22 bits per heavy atom. The zero-order chi connectivity index (χ0) is 29.8. The van der Waals surface area contributed by atoms with E-state index < -0.39 is 82.3 Å². The highest BCUT2D eigenvalue weighted by Gasteiger charge is 2.93. The summed E-state index contributed by atoms with van der Waals surface area (Å²) in [4.78, 5) is 55.1. The molecule has 1 saturated carbocycles. The average molecular weight is 574 g/mol. The molecule has 1 unspecified atom stereocenters. The van der Waals surface area contributed by atoms with Crippen molar-refractivity contribution in [3.05, 3.63) is 65.7 Å². The van der Waals surface area contributed by atoms with E-state index in [1.54, 1.807) is 39.0 Å². The Hall–Kier alpha value is -3.93. The van der Waals surface area contributed by atoms with Gasteiger partial charge >= 0.3 is 24.1 Å². The molecule has 2 aromatic carbocycles. The van der Waals surface area contributed by atoms with Crippen molar-refractivity contribution in [2.24, 2.45) is 16.2 Å². The van der Waals surface area contributed by atoms with E-state index in [0.29, 0.717) is 0 Å². The minimum Gasteiger partial charge on any atom is -0.461 e. The normalized spacial score (nSPS) is 34.2. The van der Waals surface area contributed by atoms with Crippen LogP contribution >= 0.6 is 0 Å². The first-order valence-corrected chi connectivity index (χ1v) is 13.0. The number of esters is 3. The van der Waals surface area contributed by atoms with Gasteiger partial charge in [0.05, 0.1) is 23.1 Å². The van der Waals surface area contributed by atoms with Crippen molar-refractivity contribution in [2.75, 3.05) is 4.90 Å². The third-order valence-electron chi connectivity index (χ3n) is 9.18. The molecule has 4 aliphatic rings. The first-order chi connectivity index (χ1) is 19.1. The van der Waals surface area contributed by atoms with Crippen molar-refractivity contribution in [3.63, 3.8) is 0 Å². The van der Waals surface area contributed by atoms with Crippen LogP contribution in [-0.4, -0.2) is 53.0 Å². The van der Waals surface area contributed by atoms with Gasteiger partial charge < -0.3 is 19.3 Å². The van der Waals surface area contributed by atoms with Crippen LogP contribution < -0.4 is 4.90 Å². The molecular weight excluding hydrogens is 547 g/mol. The lowest BCUT2D eigenvalue weighted by molar-refractivity contribution is -0.204. The molecule has 9 nitrogen and oxygen atoms in total. The van der Waals surface area contributed by atoms with Crippen LogP contribution in [0.15, 0.2) is 54.6 Å². The first kappa shape index (κ1) is 27.3. The number of aliphatic hydroxyl groups is 1. The van der Waals surface area contributed by atoms with Gasteiger partial charge in [-0.3, -0.25) is 19.3 Å². The Labute approximate surface area is 232 Å². The van der Waals surface area contributed by atoms with E-state index in [1.807, 2.05) is 0 Å². The van der Waals surface area contributed by atoms with Crippen molar-refractivity contribution in [1.29, 1.82) is 0 Å². The Bertz CT molecular complexity index is 1470. The largest absolute Gasteiger partial charge is 0.461 e. The molecule has 3 aliphatic heterocycles. The van der Waals surface area contributed by atoms with Gasteiger partial charge in [-0.25, -0.2) is 4.79 Å². The molecule has 1 amide bonds. The fourth-order valence-electron chi connectivity index (χ4n) is 7.34. The molecule has 2 spiro atoms. The lowest BCUT2D eigenvalue weighted by Gasteiger charge is -2.51. The molecule has 0 bridgehead atoms. The molecule has 216 valence electrons. The topological polar surface area (TPSA) is 119 Å². The standard InChI is InChI=1S/C29H26F3NO8/c1-25(2,3)27(38)13-18-26(14-19(34)39-18)24(37)41-23-28(26,27)20(40-22(36)15-7-5-4-6-8-15)21(35)33(23)17-11-9-16(10-12-17)29(30,31)32/h4-12,18,20,23,38H,13-14H2,1-3H3/t18-,20-,23-,26-,27+,28?/m0/s1. The zero-order valence-electron chi connectivity index (χ0n) is 22.2. The van der Waals surface area contributed by atoms with Gasteiger partial charge in [0.1, 0.15) is 16.9 Å². The van der Waals surface area contributed by atoms with E-state index in [4.69, 9.17) is 14.2 Å². The van der Waals surface area contributed by atoms with Crippen LogP contribution in [0.4, 0.5) is 18.9 Å². The molecule has 6 rings (SSSR count). The summed E-state index contributed by atoms with van der Waals surface area (Å²) in [5.41, 5.74) is -8.05. The molecule has 3 saturated heterocycles. The molecule has 1 N–H and O–H groups in total. The maximum atomic E-state index is 14.3. The summed E-state index contributed by atoms with van der Waals surface area (Å²) < 4.78 is 57.1. The highest BCUT2D eigenvalue weighted by atomic mass is 19.4. The number of rotatable bonds is 3. The van der Waals surface area contributed by atoms with Crippen LogP contribution in [-0.2, 0) is 34.8 Å². The van der Waals surface area contributed by atoms with Crippen LogP contribution in [0.3, 0.4) is 0 Å². The van der Waals surface area contributed by atoms with Crippen LogP contribution in [0.5, 0.6) is 0 Å². The summed E-state index contributed by atoms with van der Waals surface area (Å²) in [5, 5.41) is 12.6. The number of hydrogen-bond donors (Lipinski definition) is 1. The van der Waals surface area contributed by atoms with Crippen molar-refractivity contribution in [2.45, 2.75) is 63.8 Å². The molecule has 4 fully saturated rings. The van der Waals surface area contributed by atoms with Gasteiger partial charge in [-0.2, -0.15) is 13.2 Å². The number of carbonyl (C=O) groups excluding carboxylic acids is 4. The number of benzene rings is 2. The number of nitrogens with zero attached hydrogens (tertiary/aromatic N) is 1. The number of halogens is 3. The number of anilines is 1. The van der Waals surface area contributed by atoms with Crippen LogP contribution in [0.2, 0.25) is 0 Å². The van der Waals surface area contributed by atoms with Crippen LogP contribution in [0.1, 0.15) is 49.5 Å². The predicted octanol–water partition coefficient (Wildman–Crippen LogP) is 3.63. The zero-order valence-corrected chi connectivity index (χ0v) is 22.2.